The molecular weight excluding hydrogens is 704 g/mol. The third kappa shape index (κ3) is 6.39. The second-order valence-corrected chi connectivity index (χ2v) is 10.8. The van der Waals surface area contributed by atoms with Crippen LogP contribution in [0.2, 0.25) is 0 Å². The third-order valence-corrected chi connectivity index (χ3v) is 8.79. The van der Waals surface area contributed by atoms with E-state index in [9.17, 15) is 0 Å². The summed E-state index contributed by atoms with van der Waals surface area (Å²) in [5.41, 5.74) is 12.9. The molecule has 0 amide bonds. The van der Waals surface area contributed by atoms with Gasteiger partial charge in [0.1, 0.15) is 0 Å². The fourth-order valence-electron chi connectivity index (χ4n) is 4.15. The quantitative estimate of drug-likeness (QED) is 0.0914. The second kappa shape index (κ2) is 13.2. The van der Waals surface area contributed by atoms with Crippen LogP contribution in [0.15, 0.2) is 104 Å². The van der Waals surface area contributed by atoms with Crippen molar-refractivity contribution in [2.24, 2.45) is 0 Å². The number of rotatable bonds is 9. The topological polar surface area (TPSA) is 0 Å². The summed E-state index contributed by atoms with van der Waals surface area (Å²) in [6.45, 7) is 4.65. The zero-order chi connectivity index (χ0) is 25.5. The van der Waals surface area contributed by atoms with Crippen molar-refractivity contribution >= 4 is 80.4 Å². The molecule has 182 valence electrons. The van der Waals surface area contributed by atoms with Gasteiger partial charge < -0.3 is 0 Å². The van der Waals surface area contributed by atoms with Gasteiger partial charge in [0.2, 0.25) is 0 Å². The predicted molar refractivity (Wildman–Crippen MR) is 171 cm³/mol. The minimum atomic E-state index is 0.830. The largest absolute Gasteiger partial charge is 0.0905 e. The molecule has 0 N–H and O–H groups in total. The predicted octanol–water partition coefficient (Wildman–Crippen LogP) is 10.9. The highest BCUT2D eigenvalue weighted by Crippen LogP contribution is 2.40. The van der Waals surface area contributed by atoms with Crippen LogP contribution >= 0.6 is 63.7 Å². The molecule has 4 rings (SSSR count). The Hall–Kier alpha value is -1.72. The van der Waals surface area contributed by atoms with Crippen LogP contribution in [0.5, 0.6) is 0 Å². The highest BCUT2D eigenvalue weighted by molar-refractivity contribution is 9.09. The van der Waals surface area contributed by atoms with Gasteiger partial charge in [0, 0.05) is 21.3 Å². The van der Waals surface area contributed by atoms with E-state index in [0.717, 1.165) is 43.6 Å². The highest BCUT2D eigenvalue weighted by Gasteiger charge is 2.18. The van der Waals surface area contributed by atoms with Crippen molar-refractivity contribution in [3.63, 3.8) is 0 Å². The van der Waals surface area contributed by atoms with Crippen molar-refractivity contribution in [3.05, 3.63) is 148 Å². The van der Waals surface area contributed by atoms with E-state index in [1.54, 1.807) is 0 Å². The number of allylic oxidation sites excluding steroid dienone is 2. The van der Waals surface area contributed by atoms with Crippen molar-refractivity contribution in [1.82, 2.24) is 0 Å². The Morgan fingerprint density at radius 1 is 0.417 bits per heavy atom. The average Bonchev–Trinajstić information content (AvgIpc) is 2.96. The Labute approximate surface area is 248 Å². The Kier molecular flexibility index (Phi) is 10.0. The molecule has 4 aromatic rings. The molecular formula is C32H26Br4. The van der Waals surface area contributed by atoms with Crippen LogP contribution in [0.25, 0.3) is 16.7 Å². The van der Waals surface area contributed by atoms with E-state index in [2.05, 4.69) is 167 Å². The van der Waals surface area contributed by atoms with E-state index < -0.39 is 0 Å². The van der Waals surface area contributed by atoms with Gasteiger partial charge >= 0.3 is 0 Å². The van der Waals surface area contributed by atoms with Crippen LogP contribution in [-0.2, 0) is 21.3 Å². The molecule has 0 unspecified atom stereocenters. The zero-order valence-corrected chi connectivity index (χ0v) is 26.1. The number of alkyl halides is 4. The van der Waals surface area contributed by atoms with Gasteiger partial charge in [-0.1, -0.05) is 167 Å². The van der Waals surface area contributed by atoms with Gasteiger partial charge in [-0.15, -0.1) is 0 Å². The van der Waals surface area contributed by atoms with Crippen LogP contribution in [-0.4, -0.2) is 0 Å². The van der Waals surface area contributed by atoms with Crippen molar-refractivity contribution in [3.8, 4) is 0 Å². The standard InChI is InChI=1S/C32H26Br4/c1-22(27-10-2-23(18-33)3-11-27)31(28-12-4-24(19-34)5-13-28)32(29-14-6-25(20-35)7-15-29)30-16-8-26(21-36)9-17-30/h2-17H,1,18-21H2. The average molecular weight is 730 g/mol. The van der Waals surface area contributed by atoms with Gasteiger partial charge in [0.25, 0.3) is 0 Å². The first kappa shape index (κ1) is 27.3. The van der Waals surface area contributed by atoms with Gasteiger partial charge in [-0.2, -0.15) is 0 Å². The maximum absolute atomic E-state index is 4.65. The Balaban J connectivity index is 2.01. The summed E-state index contributed by atoms with van der Waals surface area (Å²) in [7, 11) is 0. The maximum Gasteiger partial charge on any atom is 0.0283 e. The van der Waals surface area contributed by atoms with E-state index >= 15 is 0 Å². The fraction of sp³-hybridized carbons (Fsp3) is 0.125. The van der Waals surface area contributed by atoms with Gasteiger partial charge in [-0.25, -0.2) is 0 Å². The summed E-state index contributed by atoms with van der Waals surface area (Å²) >= 11 is 14.3. The van der Waals surface area contributed by atoms with Crippen molar-refractivity contribution < 1.29 is 0 Å². The van der Waals surface area contributed by atoms with Crippen molar-refractivity contribution in [1.29, 1.82) is 0 Å². The van der Waals surface area contributed by atoms with Gasteiger partial charge in [-0.3, -0.25) is 0 Å². The smallest absolute Gasteiger partial charge is 0.0283 e. The maximum atomic E-state index is 4.65. The molecule has 0 spiro atoms. The lowest BCUT2D eigenvalue weighted by Crippen LogP contribution is -1.99. The molecule has 0 atom stereocenters. The van der Waals surface area contributed by atoms with Crippen LogP contribution in [0, 0.1) is 0 Å². The molecule has 0 fully saturated rings. The molecule has 0 aliphatic rings. The van der Waals surface area contributed by atoms with Crippen LogP contribution < -0.4 is 0 Å². The van der Waals surface area contributed by atoms with Crippen LogP contribution in [0.1, 0.15) is 44.5 Å². The number of hydrogen-bond donors (Lipinski definition) is 0. The normalized spacial score (nSPS) is 10.8. The molecule has 0 aliphatic heterocycles. The molecule has 0 radical (unpaired) electrons. The monoisotopic (exact) mass is 726 g/mol. The molecule has 4 aromatic carbocycles. The lowest BCUT2D eigenvalue weighted by Gasteiger charge is -2.20. The van der Waals surface area contributed by atoms with Crippen LogP contribution in [0.4, 0.5) is 0 Å². The molecule has 0 aromatic heterocycles. The summed E-state index contributed by atoms with van der Waals surface area (Å²) in [5.74, 6) is 0. The lowest BCUT2D eigenvalue weighted by atomic mass is 9.83. The minimum absolute atomic E-state index is 0.830. The Morgan fingerprint density at radius 3 is 1.00 bits per heavy atom. The first-order valence-corrected chi connectivity index (χ1v) is 16.1. The molecule has 0 aliphatic carbocycles. The van der Waals surface area contributed by atoms with E-state index in [4.69, 9.17) is 0 Å². The Bertz CT molecular complexity index is 1280. The summed E-state index contributed by atoms with van der Waals surface area (Å²) in [5, 5.41) is 3.33. The third-order valence-electron chi connectivity index (χ3n) is 6.20. The lowest BCUT2D eigenvalue weighted by molar-refractivity contribution is 1.39. The van der Waals surface area contributed by atoms with Crippen molar-refractivity contribution in [2.75, 3.05) is 0 Å². The number of benzene rings is 4. The van der Waals surface area contributed by atoms with Crippen LogP contribution in [0.3, 0.4) is 0 Å². The second-order valence-electron chi connectivity index (χ2n) is 8.55. The number of hydrogen-bond acceptors (Lipinski definition) is 0. The SMILES string of the molecule is C=C(C(=C(c1ccc(CBr)cc1)c1ccc(CBr)cc1)c1ccc(CBr)cc1)c1ccc(CBr)cc1. The van der Waals surface area contributed by atoms with Gasteiger partial charge in [0.05, 0.1) is 0 Å². The first-order chi connectivity index (χ1) is 17.6. The molecule has 0 bridgehead atoms. The summed E-state index contributed by atoms with van der Waals surface area (Å²) < 4.78 is 0. The highest BCUT2D eigenvalue weighted by atomic mass is 79.9. The molecule has 0 nitrogen and oxygen atoms in total. The molecule has 0 heterocycles. The Morgan fingerprint density at radius 2 is 0.694 bits per heavy atom. The molecule has 4 heteroatoms. The molecule has 0 saturated heterocycles. The van der Waals surface area contributed by atoms with E-state index in [0.29, 0.717) is 0 Å². The fourth-order valence-corrected chi connectivity index (χ4v) is 5.64. The van der Waals surface area contributed by atoms with E-state index in [1.807, 2.05) is 0 Å². The van der Waals surface area contributed by atoms with E-state index in [-0.39, 0.29) is 0 Å². The summed E-state index contributed by atoms with van der Waals surface area (Å²) in [6.07, 6.45) is 0. The first-order valence-electron chi connectivity index (χ1n) is 11.6. The number of halogens is 4. The summed E-state index contributed by atoms with van der Waals surface area (Å²) in [6, 6.07) is 35.1. The van der Waals surface area contributed by atoms with Crippen molar-refractivity contribution in [2.45, 2.75) is 21.3 Å². The zero-order valence-electron chi connectivity index (χ0n) is 19.8. The van der Waals surface area contributed by atoms with Gasteiger partial charge in [-0.05, 0) is 61.2 Å². The van der Waals surface area contributed by atoms with Gasteiger partial charge in [0.15, 0.2) is 0 Å². The summed E-state index contributed by atoms with van der Waals surface area (Å²) in [4.78, 5) is 0. The van der Waals surface area contributed by atoms with E-state index in [1.165, 1.54) is 39.0 Å². The minimum Gasteiger partial charge on any atom is -0.0905 e. The molecule has 36 heavy (non-hydrogen) atoms. The molecule has 0 saturated carbocycles.